The van der Waals surface area contributed by atoms with Crippen LogP contribution < -0.4 is 19.5 Å². The lowest BCUT2D eigenvalue weighted by atomic mass is 10.00. The van der Waals surface area contributed by atoms with E-state index in [-0.39, 0.29) is 17.7 Å². The topological polar surface area (TPSA) is 107 Å². The molecule has 1 saturated heterocycles. The Hall–Kier alpha value is -3.14. The van der Waals surface area contributed by atoms with E-state index in [0.29, 0.717) is 74.7 Å². The van der Waals surface area contributed by atoms with E-state index in [1.54, 1.807) is 44.6 Å². The van der Waals surface area contributed by atoms with Crippen molar-refractivity contribution in [3.63, 3.8) is 0 Å². The highest BCUT2D eigenvalue weighted by Gasteiger charge is 2.31. The number of carbonyl (C=O) groups is 2. The number of methoxy groups -OCH3 is 2. The highest BCUT2D eigenvalue weighted by atomic mass is 16.6. The fourth-order valence-electron chi connectivity index (χ4n) is 5.42. The molecule has 2 heterocycles. The first-order valence-corrected chi connectivity index (χ1v) is 14.3. The lowest BCUT2D eigenvalue weighted by molar-refractivity contribution is -0.123. The number of hydrogen-bond acceptors (Lipinski definition) is 8. The number of ketones is 1. The Kier molecular flexibility index (Phi) is 11.2. The number of aliphatic hydroxyl groups is 1. The molecule has 0 radical (unpaired) electrons. The molecule has 0 spiro atoms. The second-order valence-electron chi connectivity index (χ2n) is 10.5. The molecule has 9 heteroatoms. The number of benzene rings is 2. The lowest BCUT2D eigenvalue weighted by Crippen LogP contribution is -2.49. The number of aliphatic hydroxyl groups excluding tert-OH is 1. The summed E-state index contributed by atoms with van der Waals surface area (Å²) < 4.78 is 21.9. The van der Waals surface area contributed by atoms with Gasteiger partial charge in [0.1, 0.15) is 25.1 Å². The van der Waals surface area contributed by atoms with Crippen LogP contribution >= 0.6 is 0 Å². The molecule has 9 nitrogen and oxygen atoms in total. The first-order valence-electron chi connectivity index (χ1n) is 14.3. The van der Waals surface area contributed by atoms with Gasteiger partial charge in [-0.2, -0.15) is 0 Å². The largest absolute Gasteiger partial charge is 0.497 e. The first kappa shape index (κ1) is 29.8. The molecule has 4 rings (SSSR count). The fourth-order valence-corrected chi connectivity index (χ4v) is 5.42. The number of ether oxygens (including phenoxy) is 4. The molecule has 0 aliphatic carbocycles. The van der Waals surface area contributed by atoms with Crippen molar-refractivity contribution in [1.82, 2.24) is 10.2 Å². The Labute approximate surface area is 236 Å². The third-order valence-electron chi connectivity index (χ3n) is 7.64. The van der Waals surface area contributed by atoms with Gasteiger partial charge in [-0.1, -0.05) is 12.5 Å². The number of rotatable bonds is 15. The highest BCUT2D eigenvalue weighted by molar-refractivity contribution is 5.96. The summed E-state index contributed by atoms with van der Waals surface area (Å²) in [6.45, 7) is 3.00. The zero-order chi connectivity index (χ0) is 28.3. The SMILES string of the molecule is COC[C@@H]1CCCN1C[C@@H](NC(=O)CCCCCC(=O)c1ccc(OC)cc1)[C@@H](O)c1ccc2c(c1)OCCO2. The molecule has 0 aromatic heterocycles. The molecular weight excluding hydrogens is 512 g/mol. The summed E-state index contributed by atoms with van der Waals surface area (Å²) in [5, 5.41) is 14.5. The van der Waals surface area contributed by atoms with Crippen LogP contribution in [0.1, 0.15) is 67.0 Å². The van der Waals surface area contributed by atoms with Gasteiger partial charge in [-0.25, -0.2) is 0 Å². The molecule has 2 aliphatic heterocycles. The lowest BCUT2D eigenvalue weighted by Gasteiger charge is -2.32. The Morgan fingerprint density at radius 1 is 1.02 bits per heavy atom. The summed E-state index contributed by atoms with van der Waals surface area (Å²) in [6.07, 6.45) is 4.11. The Bertz CT molecular complexity index is 1110. The van der Waals surface area contributed by atoms with E-state index < -0.39 is 12.1 Å². The van der Waals surface area contributed by atoms with Crippen LogP contribution in [0.15, 0.2) is 42.5 Å². The monoisotopic (exact) mass is 554 g/mol. The normalized spacial score (nSPS) is 18.2. The Morgan fingerprint density at radius 2 is 1.77 bits per heavy atom. The van der Waals surface area contributed by atoms with Gasteiger partial charge in [0.15, 0.2) is 17.3 Å². The number of nitrogens with zero attached hydrogens (tertiary/aromatic N) is 1. The van der Waals surface area contributed by atoms with E-state index >= 15 is 0 Å². The van der Waals surface area contributed by atoms with Gasteiger partial charge >= 0.3 is 0 Å². The van der Waals surface area contributed by atoms with Crippen molar-refractivity contribution < 1.29 is 33.6 Å². The number of nitrogens with one attached hydrogen (secondary N) is 1. The van der Waals surface area contributed by atoms with Crippen molar-refractivity contribution in [2.75, 3.05) is 47.1 Å². The van der Waals surface area contributed by atoms with Crippen molar-refractivity contribution in [3.8, 4) is 17.2 Å². The van der Waals surface area contributed by atoms with Crippen LogP contribution in [-0.4, -0.2) is 80.9 Å². The van der Waals surface area contributed by atoms with E-state index in [2.05, 4.69) is 10.2 Å². The maximum absolute atomic E-state index is 13.0. The molecule has 2 aromatic rings. The first-order chi connectivity index (χ1) is 19.5. The predicted octanol–water partition coefficient (Wildman–Crippen LogP) is 3.93. The number of Topliss-reactive ketones (excluding diaryl/α,β-unsaturated/α-hetero) is 1. The summed E-state index contributed by atoms with van der Waals surface area (Å²) >= 11 is 0. The molecule has 1 fully saturated rings. The van der Waals surface area contributed by atoms with E-state index in [4.69, 9.17) is 18.9 Å². The number of fused-ring (bicyclic) bond motifs is 1. The number of amides is 1. The fraction of sp³-hybridized carbons (Fsp3) is 0.548. The van der Waals surface area contributed by atoms with Crippen molar-refractivity contribution >= 4 is 11.7 Å². The van der Waals surface area contributed by atoms with Crippen molar-refractivity contribution in [2.24, 2.45) is 0 Å². The van der Waals surface area contributed by atoms with Crippen LogP contribution in [0.2, 0.25) is 0 Å². The van der Waals surface area contributed by atoms with Gasteiger partial charge in [0, 0.05) is 38.1 Å². The second-order valence-corrected chi connectivity index (χ2v) is 10.5. The third-order valence-corrected chi connectivity index (χ3v) is 7.64. The maximum Gasteiger partial charge on any atom is 0.220 e. The van der Waals surface area contributed by atoms with Gasteiger partial charge in [-0.15, -0.1) is 0 Å². The van der Waals surface area contributed by atoms with Crippen molar-refractivity contribution in [2.45, 2.75) is 63.1 Å². The van der Waals surface area contributed by atoms with Gasteiger partial charge in [0.2, 0.25) is 5.91 Å². The van der Waals surface area contributed by atoms with Gasteiger partial charge in [0.05, 0.1) is 19.8 Å². The molecule has 3 atom stereocenters. The minimum atomic E-state index is -0.911. The number of unbranched alkanes of at least 4 members (excludes halogenated alkanes) is 2. The van der Waals surface area contributed by atoms with Gasteiger partial charge in [0.25, 0.3) is 0 Å². The van der Waals surface area contributed by atoms with Crippen LogP contribution in [0.4, 0.5) is 0 Å². The molecule has 40 heavy (non-hydrogen) atoms. The average Bonchev–Trinajstić information content (AvgIpc) is 3.42. The maximum atomic E-state index is 13.0. The van der Waals surface area contributed by atoms with Gasteiger partial charge in [-0.3, -0.25) is 14.5 Å². The molecule has 2 aliphatic rings. The zero-order valence-electron chi connectivity index (χ0n) is 23.6. The van der Waals surface area contributed by atoms with Gasteiger partial charge < -0.3 is 29.4 Å². The molecule has 1 amide bonds. The average molecular weight is 555 g/mol. The zero-order valence-corrected chi connectivity index (χ0v) is 23.6. The predicted molar refractivity (Wildman–Crippen MR) is 151 cm³/mol. The highest BCUT2D eigenvalue weighted by Crippen LogP contribution is 2.34. The van der Waals surface area contributed by atoms with E-state index in [1.165, 1.54) is 0 Å². The van der Waals surface area contributed by atoms with Crippen LogP contribution in [0.5, 0.6) is 17.2 Å². The minimum absolute atomic E-state index is 0.0888. The van der Waals surface area contributed by atoms with E-state index in [9.17, 15) is 14.7 Å². The summed E-state index contributed by atoms with van der Waals surface area (Å²) in [4.78, 5) is 27.7. The molecular formula is C31H42N2O7. The standard InChI is InChI=1S/C31H42N2O7/c1-37-21-24-7-6-16-33(24)20-26(31(36)23-12-15-28-29(19-23)40-18-17-39-28)32-30(35)9-5-3-4-8-27(34)22-10-13-25(38-2)14-11-22/h10-15,19,24,26,31,36H,3-9,16-18,20-21H2,1-2H3,(H,32,35)/t24-,26+,31-/m0/s1. The van der Waals surface area contributed by atoms with E-state index in [1.807, 2.05) is 12.1 Å². The summed E-state index contributed by atoms with van der Waals surface area (Å²) in [6, 6.07) is 12.3. The summed E-state index contributed by atoms with van der Waals surface area (Å²) in [5.74, 6) is 1.97. The number of likely N-dealkylation sites (tertiary alicyclic amines) is 1. The second kappa shape index (κ2) is 15.0. The van der Waals surface area contributed by atoms with Crippen molar-refractivity contribution in [3.05, 3.63) is 53.6 Å². The molecule has 0 bridgehead atoms. The third kappa shape index (κ3) is 8.19. The van der Waals surface area contributed by atoms with Crippen LogP contribution in [-0.2, 0) is 9.53 Å². The smallest absolute Gasteiger partial charge is 0.220 e. The molecule has 2 aromatic carbocycles. The Morgan fingerprint density at radius 3 is 2.52 bits per heavy atom. The van der Waals surface area contributed by atoms with Crippen LogP contribution in [0.25, 0.3) is 0 Å². The molecule has 0 unspecified atom stereocenters. The molecule has 218 valence electrons. The van der Waals surface area contributed by atoms with Crippen LogP contribution in [0, 0.1) is 0 Å². The molecule has 2 N–H and O–H groups in total. The number of hydrogen-bond donors (Lipinski definition) is 2. The van der Waals surface area contributed by atoms with Gasteiger partial charge in [-0.05, 0) is 74.2 Å². The van der Waals surface area contributed by atoms with Crippen LogP contribution in [0.3, 0.4) is 0 Å². The summed E-state index contributed by atoms with van der Waals surface area (Å²) in [7, 11) is 3.29. The van der Waals surface area contributed by atoms with E-state index in [0.717, 1.165) is 31.6 Å². The quantitative estimate of drug-likeness (QED) is 0.252. The molecule has 0 saturated carbocycles. The summed E-state index contributed by atoms with van der Waals surface area (Å²) in [5.41, 5.74) is 1.34. The van der Waals surface area contributed by atoms with Crippen molar-refractivity contribution in [1.29, 1.82) is 0 Å². The minimum Gasteiger partial charge on any atom is -0.497 e. The number of carbonyl (C=O) groups excluding carboxylic acids is 2. The Balaban J connectivity index is 1.30.